The third-order valence-corrected chi connectivity index (χ3v) is 5.32. The fraction of sp³-hybridized carbons (Fsp3) is 0.412. The highest BCUT2D eigenvalue weighted by atomic mass is 32.2. The molecule has 3 rings (SSSR count). The molecule has 1 saturated heterocycles. The first-order valence-electron chi connectivity index (χ1n) is 8.45. The number of piperazine rings is 1. The molecular weight excluding hydrogens is 377 g/mol. The molecule has 1 aromatic heterocycles. The van der Waals surface area contributed by atoms with Crippen LogP contribution in [-0.2, 0) is 13.2 Å². The van der Waals surface area contributed by atoms with Crippen LogP contribution in [0.1, 0.15) is 5.56 Å². The number of thioether (sulfide) groups is 1. The molecule has 0 radical (unpaired) electrons. The van der Waals surface area contributed by atoms with Crippen molar-refractivity contribution in [3.8, 4) is 0 Å². The molecule has 27 heavy (non-hydrogen) atoms. The second-order valence-electron chi connectivity index (χ2n) is 6.17. The zero-order chi connectivity index (χ0) is 19.4. The third kappa shape index (κ3) is 4.88. The van der Waals surface area contributed by atoms with Crippen LogP contribution in [0.2, 0.25) is 0 Å². The van der Waals surface area contributed by atoms with Gasteiger partial charge in [-0.15, -0.1) is 10.2 Å². The Bertz CT molecular complexity index is 796. The molecule has 1 fully saturated rings. The number of aromatic nitrogens is 3. The lowest BCUT2D eigenvalue weighted by molar-refractivity contribution is -0.137. The van der Waals surface area contributed by atoms with Crippen molar-refractivity contribution in [2.75, 3.05) is 42.6 Å². The molecule has 0 amide bonds. The summed E-state index contributed by atoms with van der Waals surface area (Å²) in [6, 6.07) is 5.50. The molecular formula is C17H21F3N6S. The minimum Gasteiger partial charge on any atom is -0.374 e. The van der Waals surface area contributed by atoms with Gasteiger partial charge in [-0.05, 0) is 24.4 Å². The molecule has 0 aliphatic carbocycles. The van der Waals surface area contributed by atoms with E-state index in [-0.39, 0.29) is 0 Å². The van der Waals surface area contributed by atoms with Gasteiger partial charge in [0.15, 0.2) is 5.16 Å². The molecule has 2 aromatic rings. The monoisotopic (exact) mass is 398 g/mol. The average molecular weight is 398 g/mol. The van der Waals surface area contributed by atoms with E-state index in [0.29, 0.717) is 24.7 Å². The molecule has 0 atom stereocenters. The van der Waals surface area contributed by atoms with E-state index in [1.54, 1.807) is 10.6 Å². The van der Waals surface area contributed by atoms with Crippen LogP contribution < -0.4 is 10.6 Å². The summed E-state index contributed by atoms with van der Waals surface area (Å²) in [4.78, 5) is 4.15. The first-order valence-corrected chi connectivity index (χ1v) is 9.44. The minimum absolute atomic E-state index is 0.382. The van der Waals surface area contributed by atoms with Gasteiger partial charge in [-0.1, -0.05) is 23.9 Å². The van der Waals surface area contributed by atoms with E-state index >= 15 is 0 Å². The fourth-order valence-electron chi connectivity index (χ4n) is 2.77. The van der Waals surface area contributed by atoms with Gasteiger partial charge in [0.2, 0.25) is 5.95 Å². The molecule has 2 heterocycles. The zero-order valence-electron chi connectivity index (χ0n) is 14.9. The third-order valence-electron chi connectivity index (χ3n) is 4.35. The first kappa shape index (κ1) is 19.4. The number of nitrogens with zero attached hydrogens (tertiary/aromatic N) is 5. The van der Waals surface area contributed by atoms with Crippen LogP contribution in [0.5, 0.6) is 0 Å². The van der Waals surface area contributed by atoms with Gasteiger partial charge in [-0.25, -0.2) is 0 Å². The Morgan fingerprint density at radius 1 is 1.19 bits per heavy atom. The van der Waals surface area contributed by atoms with Crippen LogP contribution in [-0.4, -0.2) is 51.6 Å². The number of anilines is 2. The number of benzene rings is 1. The zero-order valence-corrected chi connectivity index (χ0v) is 15.7. The number of hydrogen-bond acceptors (Lipinski definition) is 6. The number of hydrogen-bond donors (Lipinski definition) is 1. The average Bonchev–Trinajstić information content (AvgIpc) is 2.97. The molecule has 0 spiro atoms. The summed E-state index contributed by atoms with van der Waals surface area (Å²) in [5.74, 6) is 1.12. The van der Waals surface area contributed by atoms with Crippen LogP contribution >= 0.6 is 11.8 Å². The van der Waals surface area contributed by atoms with Crippen molar-refractivity contribution in [3.63, 3.8) is 0 Å². The Morgan fingerprint density at radius 2 is 1.93 bits per heavy atom. The van der Waals surface area contributed by atoms with E-state index in [9.17, 15) is 13.2 Å². The number of halogens is 3. The molecule has 6 nitrogen and oxygen atoms in total. The molecule has 0 saturated carbocycles. The van der Waals surface area contributed by atoms with E-state index in [1.165, 1.54) is 23.9 Å². The predicted octanol–water partition coefficient (Wildman–Crippen LogP) is 2.84. The number of nitrogens with two attached hydrogens (primary N) is 1. The van der Waals surface area contributed by atoms with Crippen molar-refractivity contribution in [2.45, 2.75) is 11.3 Å². The van der Waals surface area contributed by atoms with Crippen molar-refractivity contribution < 1.29 is 13.2 Å². The second kappa shape index (κ2) is 8.12. The van der Waals surface area contributed by atoms with Gasteiger partial charge in [0, 0.05) is 44.7 Å². The van der Waals surface area contributed by atoms with Crippen molar-refractivity contribution in [2.24, 2.45) is 7.05 Å². The Morgan fingerprint density at radius 3 is 2.56 bits per heavy atom. The lowest BCUT2D eigenvalue weighted by atomic mass is 10.1. The van der Waals surface area contributed by atoms with Gasteiger partial charge in [0.05, 0.1) is 5.56 Å². The Hall–Kier alpha value is -2.36. The quantitative estimate of drug-likeness (QED) is 0.782. The summed E-state index contributed by atoms with van der Waals surface area (Å²) in [6.07, 6.45) is -0.253. The molecule has 0 bridgehead atoms. The first-order chi connectivity index (χ1) is 12.8. The van der Waals surface area contributed by atoms with Crippen molar-refractivity contribution in [1.29, 1.82) is 0 Å². The van der Waals surface area contributed by atoms with Crippen LogP contribution in [0.3, 0.4) is 0 Å². The van der Waals surface area contributed by atoms with E-state index in [1.807, 2.05) is 24.2 Å². The van der Waals surface area contributed by atoms with E-state index in [4.69, 9.17) is 5.73 Å². The summed E-state index contributed by atoms with van der Waals surface area (Å²) in [5, 5.41) is 8.54. The number of rotatable bonds is 5. The van der Waals surface area contributed by atoms with Gasteiger partial charge < -0.3 is 15.5 Å². The maximum Gasteiger partial charge on any atom is 0.416 e. The normalized spacial score (nSPS) is 15.7. The lowest BCUT2D eigenvalue weighted by Crippen LogP contribution is -2.44. The van der Waals surface area contributed by atoms with Crippen LogP contribution in [0.4, 0.5) is 24.8 Å². The van der Waals surface area contributed by atoms with Gasteiger partial charge in [-0.3, -0.25) is 4.57 Å². The van der Waals surface area contributed by atoms with Crippen LogP contribution in [0, 0.1) is 0 Å². The molecule has 1 aliphatic rings. The molecule has 146 valence electrons. The highest BCUT2D eigenvalue weighted by Crippen LogP contribution is 2.31. The van der Waals surface area contributed by atoms with E-state index in [0.717, 1.165) is 30.1 Å². The van der Waals surface area contributed by atoms with Gasteiger partial charge in [0.25, 0.3) is 0 Å². The van der Waals surface area contributed by atoms with Crippen LogP contribution in [0.25, 0.3) is 0 Å². The maximum atomic E-state index is 12.9. The smallest absolute Gasteiger partial charge is 0.374 e. The summed E-state index contributed by atoms with van der Waals surface area (Å²) in [7, 11) is 1.81. The van der Waals surface area contributed by atoms with Crippen molar-refractivity contribution in [1.82, 2.24) is 19.7 Å². The highest BCUT2D eigenvalue weighted by Gasteiger charge is 2.31. The summed E-state index contributed by atoms with van der Waals surface area (Å²) < 4.78 is 40.3. The van der Waals surface area contributed by atoms with Crippen molar-refractivity contribution >= 4 is 23.4 Å². The topological polar surface area (TPSA) is 63.2 Å². The molecule has 10 heteroatoms. The number of nitrogen functional groups attached to an aromatic ring is 1. The molecule has 2 N–H and O–H groups in total. The standard InChI is InChI=1S/C17H21F3N6S/c1-24-15(21)22-23-16(24)27-11-3-6-25-7-9-26(10-8-25)14-5-2-4-13(12-14)17(18,19)20/h2-6,12H,7-11H2,1H3,(H2,21,22)/b6-3+. The van der Waals surface area contributed by atoms with Gasteiger partial charge in [0.1, 0.15) is 0 Å². The van der Waals surface area contributed by atoms with Gasteiger partial charge >= 0.3 is 6.18 Å². The predicted molar refractivity (Wildman–Crippen MR) is 101 cm³/mol. The Kier molecular flexibility index (Phi) is 5.83. The van der Waals surface area contributed by atoms with E-state index in [2.05, 4.69) is 15.1 Å². The fourth-order valence-corrected chi connectivity index (χ4v) is 3.49. The second-order valence-corrected chi connectivity index (χ2v) is 7.15. The highest BCUT2D eigenvalue weighted by molar-refractivity contribution is 7.99. The Balaban J connectivity index is 1.48. The number of alkyl halides is 3. The minimum atomic E-state index is -4.31. The maximum absolute atomic E-state index is 12.9. The van der Waals surface area contributed by atoms with E-state index < -0.39 is 11.7 Å². The molecule has 1 aliphatic heterocycles. The van der Waals surface area contributed by atoms with Gasteiger partial charge in [-0.2, -0.15) is 13.2 Å². The van der Waals surface area contributed by atoms with Crippen LogP contribution in [0.15, 0.2) is 41.7 Å². The van der Waals surface area contributed by atoms with Crippen molar-refractivity contribution in [3.05, 3.63) is 42.1 Å². The Labute approximate surface area is 159 Å². The summed E-state index contributed by atoms with van der Waals surface area (Å²) in [5.41, 5.74) is 5.65. The molecule has 1 aromatic carbocycles. The SMILES string of the molecule is Cn1c(N)nnc1SC/C=C/N1CCN(c2cccc(C(F)(F)F)c2)CC1. The largest absolute Gasteiger partial charge is 0.416 e. The summed E-state index contributed by atoms with van der Waals surface area (Å²) in [6.45, 7) is 2.87. The molecule has 0 unspecified atom stereocenters. The summed E-state index contributed by atoms with van der Waals surface area (Å²) >= 11 is 1.54. The lowest BCUT2D eigenvalue weighted by Gasteiger charge is -2.35.